The number of piperazine rings is 1. The Morgan fingerprint density at radius 2 is 1.78 bits per heavy atom. The van der Waals surface area contributed by atoms with Gasteiger partial charge in [0, 0.05) is 44.5 Å². The molecule has 280 valence electrons. The van der Waals surface area contributed by atoms with Crippen LogP contribution in [-0.4, -0.2) is 90.1 Å². The molecule has 2 N–H and O–H groups in total. The van der Waals surface area contributed by atoms with E-state index in [1.54, 1.807) is 48.9 Å². The Morgan fingerprint density at radius 1 is 1.04 bits per heavy atom. The lowest BCUT2D eigenvalue weighted by Gasteiger charge is -2.36. The van der Waals surface area contributed by atoms with Gasteiger partial charge >= 0.3 is 6.18 Å². The minimum absolute atomic E-state index is 0.0291. The van der Waals surface area contributed by atoms with Gasteiger partial charge in [-0.15, -0.1) is 5.10 Å². The number of nitrogens with one attached hydrogen (secondary N) is 1. The molecule has 3 amide bonds. The van der Waals surface area contributed by atoms with Crippen LogP contribution in [0.2, 0.25) is 5.02 Å². The van der Waals surface area contributed by atoms with E-state index in [-0.39, 0.29) is 90.1 Å². The number of carbonyl (C=O) groups is 3. The maximum absolute atomic E-state index is 14.3. The number of rotatable bonds is 7. The van der Waals surface area contributed by atoms with Crippen molar-refractivity contribution in [2.75, 3.05) is 48.3 Å². The molecule has 0 spiro atoms. The highest BCUT2D eigenvalue weighted by Gasteiger charge is 2.33. The first kappa shape index (κ1) is 36.3. The number of hydrogen-bond acceptors (Lipinski definition) is 10. The molecule has 7 rings (SSSR count). The van der Waals surface area contributed by atoms with Crippen LogP contribution in [0.4, 0.5) is 30.2 Å². The van der Waals surface area contributed by atoms with Gasteiger partial charge in [0.25, 0.3) is 11.5 Å². The molecular weight excluding hydrogens is 733 g/mol. The standard InChI is InChI=1S/C35H32ClF3N10O5/c1-4-24-29(46-9-11-47(12-10-46)32(53)28-30(52)18(2)40-17-41-28)33(54)49-34(43-31(44-49)19-5-8-25-20(13-19)14-27(51)45(25)3)48(24)16-26(50)42-23-7-6-21(15-22(23)36)35(37,38)39/h5-8,13,15,17,52H,4,9-12,14,16H2,1-3H3,(H,42,50). The lowest BCUT2D eigenvalue weighted by Crippen LogP contribution is -2.51. The van der Waals surface area contributed by atoms with Gasteiger partial charge in [0.1, 0.15) is 18.6 Å². The van der Waals surface area contributed by atoms with Gasteiger partial charge in [-0.05, 0) is 55.3 Å². The Morgan fingerprint density at radius 3 is 2.46 bits per heavy atom. The van der Waals surface area contributed by atoms with Crippen molar-refractivity contribution in [1.29, 1.82) is 0 Å². The Bertz CT molecular complexity index is 2420. The first-order valence-electron chi connectivity index (χ1n) is 16.8. The lowest BCUT2D eigenvalue weighted by atomic mass is 10.1. The number of amides is 3. The number of hydrogen-bond donors (Lipinski definition) is 2. The molecule has 2 aliphatic heterocycles. The smallest absolute Gasteiger partial charge is 0.416 e. The highest BCUT2D eigenvalue weighted by molar-refractivity contribution is 6.33. The fourth-order valence-electron chi connectivity index (χ4n) is 6.69. The third kappa shape index (κ3) is 6.46. The summed E-state index contributed by atoms with van der Waals surface area (Å²) in [5.74, 6) is -1.36. The number of nitrogens with zero attached hydrogens (tertiary/aromatic N) is 9. The Kier molecular flexibility index (Phi) is 9.24. The number of aromatic hydroxyl groups is 1. The summed E-state index contributed by atoms with van der Waals surface area (Å²) in [5.41, 5.74) is 1.24. The third-order valence-corrected chi connectivity index (χ3v) is 9.85. The molecule has 0 saturated carbocycles. The number of benzene rings is 2. The molecule has 15 nitrogen and oxygen atoms in total. The molecule has 5 aromatic rings. The molecule has 0 aliphatic carbocycles. The van der Waals surface area contributed by atoms with Crippen LogP contribution in [0.3, 0.4) is 0 Å². The second-order valence-corrected chi connectivity index (χ2v) is 13.2. The molecule has 0 bridgehead atoms. The molecule has 0 radical (unpaired) electrons. The Labute approximate surface area is 309 Å². The molecule has 5 heterocycles. The SMILES string of the molecule is CCc1c(N2CCN(C(=O)c3ncnc(C)c3O)CC2)c(=O)n2nc(-c3ccc4c(c3)CC(=O)N4C)nc2n1CC(=O)Nc1ccc(C(F)(F)F)cc1Cl. The van der Waals surface area contributed by atoms with Crippen molar-refractivity contribution in [3.63, 3.8) is 0 Å². The first-order chi connectivity index (χ1) is 25.7. The van der Waals surface area contributed by atoms with Crippen LogP contribution in [0.1, 0.15) is 39.9 Å². The van der Waals surface area contributed by atoms with Crippen molar-refractivity contribution in [3.8, 4) is 17.1 Å². The number of alkyl halides is 3. The molecule has 0 unspecified atom stereocenters. The summed E-state index contributed by atoms with van der Waals surface area (Å²) in [4.78, 5) is 70.9. The molecule has 19 heteroatoms. The van der Waals surface area contributed by atoms with Gasteiger partial charge in [-0.2, -0.15) is 22.7 Å². The second kappa shape index (κ2) is 13.7. The summed E-state index contributed by atoms with van der Waals surface area (Å²) in [7, 11) is 1.68. The van der Waals surface area contributed by atoms with Gasteiger partial charge in [-0.25, -0.2) is 9.97 Å². The Hall–Kier alpha value is -6.04. The predicted octanol–water partition coefficient (Wildman–Crippen LogP) is 3.72. The second-order valence-electron chi connectivity index (χ2n) is 12.8. The average Bonchev–Trinajstić information content (AvgIpc) is 3.71. The van der Waals surface area contributed by atoms with E-state index in [0.717, 1.165) is 27.9 Å². The summed E-state index contributed by atoms with van der Waals surface area (Å²) in [6, 6.07) is 7.85. The van der Waals surface area contributed by atoms with E-state index >= 15 is 0 Å². The van der Waals surface area contributed by atoms with Gasteiger partial charge in [0.05, 0.1) is 34.1 Å². The maximum atomic E-state index is 14.3. The van der Waals surface area contributed by atoms with Crippen molar-refractivity contribution in [1.82, 2.24) is 34.0 Å². The molecule has 3 aromatic heterocycles. The van der Waals surface area contributed by atoms with E-state index in [1.807, 2.05) is 0 Å². The van der Waals surface area contributed by atoms with Crippen molar-refractivity contribution in [2.45, 2.75) is 39.4 Å². The predicted molar refractivity (Wildman–Crippen MR) is 191 cm³/mol. The van der Waals surface area contributed by atoms with Crippen LogP contribution in [-0.2, 0) is 35.2 Å². The molecule has 54 heavy (non-hydrogen) atoms. The van der Waals surface area contributed by atoms with E-state index < -0.39 is 35.7 Å². The van der Waals surface area contributed by atoms with Crippen LogP contribution < -0.4 is 20.7 Å². The van der Waals surface area contributed by atoms with Crippen molar-refractivity contribution in [2.24, 2.45) is 0 Å². The minimum Gasteiger partial charge on any atom is -0.504 e. The summed E-state index contributed by atoms with van der Waals surface area (Å²) in [5, 5.41) is 17.2. The van der Waals surface area contributed by atoms with E-state index in [0.29, 0.717) is 17.3 Å². The largest absolute Gasteiger partial charge is 0.504 e. The van der Waals surface area contributed by atoms with Crippen LogP contribution in [0.15, 0.2) is 47.5 Å². The van der Waals surface area contributed by atoms with Gasteiger partial charge in [0.15, 0.2) is 17.3 Å². The fraction of sp³-hybridized carbons (Fsp3) is 0.314. The van der Waals surface area contributed by atoms with Crippen molar-refractivity contribution in [3.05, 3.63) is 86.3 Å². The number of anilines is 3. The first-order valence-corrected chi connectivity index (χ1v) is 17.2. The number of fused-ring (bicyclic) bond motifs is 2. The quantitative estimate of drug-likeness (QED) is 0.249. The molecule has 1 saturated heterocycles. The number of likely N-dealkylation sites (N-methyl/N-ethyl adjacent to an activating group) is 1. The van der Waals surface area contributed by atoms with E-state index in [9.17, 15) is 37.5 Å². The van der Waals surface area contributed by atoms with E-state index in [4.69, 9.17) is 11.6 Å². The normalized spacial score (nSPS) is 14.6. The molecule has 1 fully saturated rings. The third-order valence-electron chi connectivity index (χ3n) is 9.54. The van der Waals surface area contributed by atoms with E-state index in [2.05, 4.69) is 25.4 Å². The maximum Gasteiger partial charge on any atom is 0.416 e. The number of carbonyl (C=O) groups excluding carboxylic acids is 3. The van der Waals surface area contributed by atoms with Gasteiger partial charge < -0.3 is 29.7 Å². The highest BCUT2D eigenvalue weighted by atomic mass is 35.5. The summed E-state index contributed by atoms with van der Waals surface area (Å²) >= 11 is 6.13. The number of aromatic nitrogens is 6. The van der Waals surface area contributed by atoms with Crippen molar-refractivity contribution >= 4 is 52.2 Å². The lowest BCUT2D eigenvalue weighted by molar-refractivity contribution is -0.137. The topological polar surface area (TPSA) is 171 Å². The van der Waals surface area contributed by atoms with Gasteiger partial charge in [0.2, 0.25) is 17.6 Å². The Balaban J connectivity index is 1.26. The monoisotopic (exact) mass is 764 g/mol. The van der Waals surface area contributed by atoms with Crippen LogP contribution in [0, 0.1) is 6.92 Å². The summed E-state index contributed by atoms with van der Waals surface area (Å²) in [6.07, 6.45) is -3.01. The zero-order valence-corrected chi connectivity index (χ0v) is 29.9. The summed E-state index contributed by atoms with van der Waals surface area (Å²) in [6.45, 7) is 3.65. The highest BCUT2D eigenvalue weighted by Crippen LogP contribution is 2.35. The minimum atomic E-state index is -4.63. The van der Waals surface area contributed by atoms with Gasteiger partial charge in [-0.3, -0.25) is 19.2 Å². The molecular formula is C35H32ClF3N10O5. The zero-order chi connectivity index (χ0) is 38.6. The van der Waals surface area contributed by atoms with Crippen LogP contribution in [0.5, 0.6) is 5.75 Å². The average molecular weight is 765 g/mol. The van der Waals surface area contributed by atoms with Gasteiger partial charge in [-0.1, -0.05) is 18.5 Å². The molecule has 0 atom stereocenters. The summed E-state index contributed by atoms with van der Waals surface area (Å²) < 4.78 is 42.4. The fourth-order valence-corrected chi connectivity index (χ4v) is 6.92. The van der Waals surface area contributed by atoms with Crippen LogP contribution >= 0.6 is 11.6 Å². The molecule has 2 aliphatic rings. The van der Waals surface area contributed by atoms with Crippen LogP contribution in [0.25, 0.3) is 17.2 Å². The van der Waals surface area contributed by atoms with E-state index in [1.165, 1.54) is 15.8 Å². The number of halogens is 4. The molecule has 2 aromatic carbocycles. The zero-order valence-electron chi connectivity index (χ0n) is 29.1. The van der Waals surface area contributed by atoms with Crippen molar-refractivity contribution < 1.29 is 32.7 Å². The number of aryl methyl sites for hydroxylation is 1.